The van der Waals surface area contributed by atoms with E-state index in [9.17, 15) is 13.6 Å². The first-order chi connectivity index (χ1) is 8.45. The highest BCUT2D eigenvalue weighted by Crippen LogP contribution is 2.18. The van der Waals surface area contributed by atoms with Crippen molar-refractivity contribution in [2.45, 2.75) is 20.0 Å². The molecule has 18 heavy (non-hydrogen) atoms. The molecule has 100 valence electrons. The molecule has 0 fully saturated rings. The molecule has 0 aliphatic heterocycles. The molecule has 0 amide bonds. The van der Waals surface area contributed by atoms with Crippen LogP contribution >= 0.6 is 0 Å². The summed E-state index contributed by atoms with van der Waals surface area (Å²) in [5, 5.41) is 0. The number of carbonyl (C=O) groups excluding carboxylic acids is 1. The number of hydrogen-bond donors (Lipinski definition) is 1. The number of nitrogen functional groups attached to an aromatic ring is 1. The van der Waals surface area contributed by atoms with Gasteiger partial charge in [-0.3, -0.25) is 0 Å². The average molecular weight is 259 g/mol. The van der Waals surface area contributed by atoms with E-state index in [1.165, 1.54) is 0 Å². The molecule has 4 nitrogen and oxygen atoms in total. The molecule has 1 rings (SSSR count). The second-order valence-corrected chi connectivity index (χ2v) is 3.73. The van der Waals surface area contributed by atoms with Gasteiger partial charge in [-0.15, -0.1) is 0 Å². The Bertz CT molecular complexity index is 414. The Balaban J connectivity index is 2.78. The van der Waals surface area contributed by atoms with E-state index in [1.54, 1.807) is 13.8 Å². The summed E-state index contributed by atoms with van der Waals surface area (Å²) in [6.45, 7) is 3.99. The number of hydrogen-bond acceptors (Lipinski definition) is 4. The van der Waals surface area contributed by atoms with Gasteiger partial charge in [-0.1, -0.05) is 0 Å². The molecule has 1 unspecified atom stereocenters. The lowest BCUT2D eigenvalue weighted by Gasteiger charge is -2.13. The Morgan fingerprint density at radius 3 is 2.44 bits per heavy atom. The second-order valence-electron chi connectivity index (χ2n) is 3.73. The molecule has 0 radical (unpaired) electrons. The Hall–Kier alpha value is -1.69. The van der Waals surface area contributed by atoms with E-state index in [4.69, 9.17) is 15.2 Å². The zero-order valence-corrected chi connectivity index (χ0v) is 10.2. The summed E-state index contributed by atoms with van der Waals surface area (Å²) in [4.78, 5) is 11.6. The van der Waals surface area contributed by atoms with Crippen molar-refractivity contribution in [3.8, 4) is 0 Å². The molecule has 1 atom stereocenters. The van der Waals surface area contributed by atoms with Gasteiger partial charge in [-0.2, -0.15) is 0 Å². The van der Waals surface area contributed by atoms with Crippen LogP contribution in [-0.2, 0) is 9.47 Å². The molecular weight excluding hydrogens is 244 g/mol. The highest BCUT2D eigenvalue weighted by Gasteiger charge is 2.21. The number of benzene rings is 1. The van der Waals surface area contributed by atoms with Gasteiger partial charge in [0.05, 0.1) is 6.61 Å². The molecule has 2 N–H and O–H groups in total. The maximum Gasteiger partial charge on any atom is 0.344 e. The third-order valence-electron chi connectivity index (χ3n) is 2.13. The number of esters is 1. The van der Waals surface area contributed by atoms with E-state index in [1.807, 2.05) is 0 Å². The zero-order chi connectivity index (χ0) is 13.7. The van der Waals surface area contributed by atoms with Crippen LogP contribution in [0.15, 0.2) is 12.1 Å². The average Bonchev–Trinajstić information content (AvgIpc) is 2.24. The van der Waals surface area contributed by atoms with Crippen molar-refractivity contribution in [3.63, 3.8) is 0 Å². The normalized spacial score (nSPS) is 12.2. The fraction of sp³-hybridized carbons (Fsp3) is 0.417. The minimum atomic E-state index is -1.07. The van der Waals surface area contributed by atoms with E-state index in [2.05, 4.69) is 0 Å². The first kappa shape index (κ1) is 14.4. The fourth-order valence-corrected chi connectivity index (χ4v) is 1.35. The molecule has 0 heterocycles. The van der Waals surface area contributed by atoms with Gasteiger partial charge in [-0.25, -0.2) is 13.6 Å². The van der Waals surface area contributed by atoms with Gasteiger partial charge in [-0.05, 0) is 26.0 Å². The van der Waals surface area contributed by atoms with Crippen molar-refractivity contribution >= 4 is 11.7 Å². The Morgan fingerprint density at radius 1 is 1.39 bits per heavy atom. The van der Waals surface area contributed by atoms with Crippen LogP contribution in [0.3, 0.4) is 0 Å². The maximum absolute atomic E-state index is 13.4. The lowest BCUT2D eigenvalue weighted by molar-refractivity contribution is 0.00360. The zero-order valence-electron chi connectivity index (χ0n) is 10.2. The summed E-state index contributed by atoms with van der Waals surface area (Å²) in [5.74, 6) is -3.15. The molecule has 0 aliphatic carbocycles. The van der Waals surface area contributed by atoms with Gasteiger partial charge in [0.25, 0.3) is 0 Å². The van der Waals surface area contributed by atoms with Crippen LogP contribution in [0.25, 0.3) is 0 Å². The molecular formula is C12H15F2NO3. The van der Waals surface area contributed by atoms with Crippen molar-refractivity contribution in [1.29, 1.82) is 0 Å². The summed E-state index contributed by atoms with van der Waals surface area (Å²) in [7, 11) is 0. The lowest BCUT2D eigenvalue weighted by Crippen LogP contribution is -2.22. The van der Waals surface area contributed by atoms with Crippen molar-refractivity contribution < 1.29 is 23.0 Å². The largest absolute Gasteiger partial charge is 0.456 e. The number of rotatable bonds is 5. The number of ether oxygens (including phenoxy) is 2. The predicted octanol–water partition coefficient (Wildman–Crippen LogP) is 2.13. The van der Waals surface area contributed by atoms with Crippen molar-refractivity contribution in [1.82, 2.24) is 0 Å². The van der Waals surface area contributed by atoms with Crippen LogP contribution in [-0.4, -0.2) is 25.3 Å². The van der Waals surface area contributed by atoms with Crippen LogP contribution in [0.4, 0.5) is 14.5 Å². The molecule has 0 saturated carbocycles. The van der Waals surface area contributed by atoms with Gasteiger partial charge in [0.15, 0.2) is 0 Å². The Kier molecular flexibility index (Phi) is 5.03. The quantitative estimate of drug-likeness (QED) is 0.650. The molecule has 1 aromatic carbocycles. The summed E-state index contributed by atoms with van der Waals surface area (Å²) in [5.41, 5.74) is 4.41. The fourth-order valence-electron chi connectivity index (χ4n) is 1.35. The number of carbonyl (C=O) groups is 1. The Labute approximate surface area is 104 Å². The van der Waals surface area contributed by atoms with Gasteiger partial charge in [0.2, 0.25) is 0 Å². The summed E-state index contributed by atoms with van der Waals surface area (Å²) >= 11 is 0. The molecule has 0 spiro atoms. The van der Waals surface area contributed by atoms with Crippen molar-refractivity contribution in [3.05, 3.63) is 29.3 Å². The Morgan fingerprint density at radius 2 is 1.94 bits per heavy atom. The van der Waals surface area contributed by atoms with Crippen LogP contribution < -0.4 is 5.73 Å². The van der Waals surface area contributed by atoms with Crippen molar-refractivity contribution in [2.75, 3.05) is 18.9 Å². The van der Waals surface area contributed by atoms with Crippen LogP contribution in [0.5, 0.6) is 0 Å². The topological polar surface area (TPSA) is 61.5 Å². The number of halogens is 2. The van der Waals surface area contributed by atoms with E-state index >= 15 is 0 Å². The van der Waals surface area contributed by atoms with Gasteiger partial charge in [0, 0.05) is 12.3 Å². The molecule has 0 aromatic heterocycles. The third-order valence-corrected chi connectivity index (χ3v) is 2.13. The van der Waals surface area contributed by atoms with Crippen molar-refractivity contribution in [2.24, 2.45) is 0 Å². The highest BCUT2D eigenvalue weighted by atomic mass is 19.1. The van der Waals surface area contributed by atoms with E-state index in [-0.39, 0.29) is 12.3 Å². The highest BCUT2D eigenvalue weighted by molar-refractivity contribution is 5.90. The third kappa shape index (κ3) is 3.66. The first-order valence-corrected chi connectivity index (χ1v) is 5.49. The summed E-state index contributed by atoms with van der Waals surface area (Å²) < 4.78 is 36.7. The minimum absolute atomic E-state index is 0.0936. The van der Waals surface area contributed by atoms with Gasteiger partial charge >= 0.3 is 5.97 Å². The van der Waals surface area contributed by atoms with Gasteiger partial charge in [0.1, 0.15) is 23.3 Å². The van der Waals surface area contributed by atoms with E-state index in [0.717, 1.165) is 12.1 Å². The van der Waals surface area contributed by atoms with E-state index in [0.29, 0.717) is 6.61 Å². The lowest BCUT2D eigenvalue weighted by atomic mass is 10.2. The predicted molar refractivity (Wildman–Crippen MR) is 62.1 cm³/mol. The molecule has 6 heteroatoms. The molecule has 0 bridgehead atoms. The molecule has 0 saturated heterocycles. The minimum Gasteiger partial charge on any atom is -0.456 e. The van der Waals surface area contributed by atoms with Crippen LogP contribution in [0.1, 0.15) is 24.2 Å². The smallest absolute Gasteiger partial charge is 0.344 e. The van der Waals surface area contributed by atoms with Crippen LogP contribution in [0, 0.1) is 11.6 Å². The number of anilines is 1. The standard InChI is InChI=1S/C12H15F2NO3/c1-3-17-6-7(2)18-12(16)11-9(13)4-8(15)5-10(11)14/h4-5,7H,3,6,15H2,1-2H3. The summed E-state index contributed by atoms with van der Waals surface area (Å²) in [6, 6.07) is 1.74. The second kappa shape index (κ2) is 6.30. The van der Waals surface area contributed by atoms with Crippen LogP contribution in [0.2, 0.25) is 0 Å². The summed E-state index contributed by atoms with van der Waals surface area (Å²) in [6.07, 6.45) is -0.589. The monoisotopic (exact) mass is 259 g/mol. The number of nitrogens with two attached hydrogens (primary N) is 1. The van der Waals surface area contributed by atoms with E-state index < -0.39 is 29.3 Å². The van der Waals surface area contributed by atoms with Gasteiger partial charge < -0.3 is 15.2 Å². The first-order valence-electron chi connectivity index (χ1n) is 5.49. The molecule has 1 aromatic rings. The maximum atomic E-state index is 13.4. The molecule has 0 aliphatic rings. The SMILES string of the molecule is CCOCC(C)OC(=O)c1c(F)cc(N)cc1F.